The van der Waals surface area contributed by atoms with Crippen molar-refractivity contribution in [3.8, 4) is 5.69 Å². The van der Waals surface area contributed by atoms with Gasteiger partial charge in [0.25, 0.3) is 11.8 Å². The van der Waals surface area contributed by atoms with Crippen LogP contribution in [0.15, 0.2) is 73.1 Å². The Morgan fingerprint density at radius 1 is 0.812 bits per heavy atom. The number of carbonyl (C=O) groups excluding carboxylic acids is 2. The molecule has 0 aliphatic heterocycles. The molecular weight excluding hydrogens is 406 g/mol. The second kappa shape index (κ2) is 9.09. The summed E-state index contributed by atoms with van der Waals surface area (Å²) in [5.41, 5.74) is 10.2. The molecular formula is C23H21N7O2. The molecule has 4 rings (SSSR count). The summed E-state index contributed by atoms with van der Waals surface area (Å²) in [6, 6.07) is 19.7. The van der Waals surface area contributed by atoms with Crippen LogP contribution in [0.1, 0.15) is 31.8 Å². The molecule has 0 aliphatic rings. The largest absolute Gasteiger partial charge is 0.355 e. The Bertz CT molecular complexity index is 1250. The first-order valence-electron chi connectivity index (χ1n) is 9.89. The number of tetrazole rings is 1. The first-order chi connectivity index (χ1) is 15.5. The highest BCUT2D eigenvalue weighted by Gasteiger charge is 2.14. The average molecular weight is 427 g/mol. The Kier molecular flexibility index (Phi) is 5.89. The SMILES string of the molecule is Cc1cccc(Nc2ccccc2C(=O)NNC(=O)c2ccc(-n3cnnn3)cc2)c1C. The van der Waals surface area contributed by atoms with Gasteiger partial charge in [-0.2, -0.15) is 0 Å². The van der Waals surface area contributed by atoms with Crippen molar-refractivity contribution >= 4 is 23.2 Å². The van der Waals surface area contributed by atoms with Gasteiger partial charge in [0.1, 0.15) is 6.33 Å². The number of aryl methyl sites for hydroxylation is 1. The number of nitrogens with one attached hydrogen (secondary N) is 3. The number of hydrogen-bond donors (Lipinski definition) is 3. The van der Waals surface area contributed by atoms with Gasteiger partial charge in [0.15, 0.2) is 0 Å². The van der Waals surface area contributed by atoms with E-state index < -0.39 is 11.8 Å². The number of hydrazine groups is 1. The third kappa shape index (κ3) is 4.46. The summed E-state index contributed by atoms with van der Waals surface area (Å²) in [4.78, 5) is 25.2. The molecule has 9 heteroatoms. The van der Waals surface area contributed by atoms with Gasteiger partial charge in [0.05, 0.1) is 16.9 Å². The van der Waals surface area contributed by atoms with Crippen LogP contribution in [0.5, 0.6) is 0 Å². The van der Waals surface area contributed by atoms with E-state index in [4.69, 9.17) is 0 Å². The zero-order chi connectivity index (χ0) is 22.5. The quantitative estimate of drug-likeness (QED) is 0.422. The summed E-state index contributed by atoms with van der Waals surface area (Å²) >= 11 is 0. The molecule has 3 N–H and O–H groups in total. The van der Waals surface area contributed by atoms with Crippen LogP contribution >= 0.6 is 0 Å². The molecule has 2 amide bonds. The number of carbonyl (C=O) groups is 2. The van der Waals surface area contributed by atoms with Crippen LogP contribution in [-0.4, -0.2) is 32.0 Å². The van der Waals surface area contributed by atoms with E-state index in [2.05, 4.69) is 31.7 Å². The maximum Gasteiger partial charge on any atom is 0.271 e. The van der Waals surface area contributed by atoms with Gasteiger partial charge < -0.3 is 5.32 Å². The molecule has 1 aromatic heterocycles. The van der Waals surface area contributed by atoms with E-state index in [9.17, 15) is 9.59 Å². The molecule has 9 nitrogen and oxygen atoms in total. The molecule has 0 spiro atoms. The summed E-state index contributed by atoms with van der Waals surface area (Å²) in [7, 11) is 0. The van der Waals surface area contributed by atoms with Gasteiger partial charge in [-0.1, -0.05) is 24.3 Å². The Balaban J connectivity index is 1.43. The highest BCUT2D eigenvalue weighted by Crippen LogP contribution is 2.25. The fraction of sp³-hybridized carbons (Fsp3) is 0.0870. The van der Waals surface area contributed by atoms with Crippen molar-refractivity contribution in [1.29, 1.82) is 0 Å². The summed E-state index contributed by atoms with van der Waals surface area (Å²) < 4.78 is 1.48. The second-order valence-electron chi connectivity index (χ2n) is 7.13. The molecule has 0 radical (unpaired) electrons. The lowest BCUT2D eigenvalue weighted by Gasteiger charge is -2.15. The molecule has 0 aliphatic carbocycles. The van der Waals surface area contributed by atoms with Crippen LogP contribution in [0.25, 0.3) is 5.69 Å². The zero-order valence-electron chi connectivity index (χ0n) is 17.5. The molecule has 0 atom stereocenters. The molecule has 1 heterocycles. The van der Waals surface area contributed by atoms with Crippen molar-refractivity contribution in [2.75, 3.05) is 5.32 Å². The Morgan fingerprint density at radius 2 is 1.53 bits per heavy atom. The van der Waals surface area contributed by atoms with E-state index >= 15 is 0 Å². The predicted molar refractivity (Wildman–Crippen MR) is 120 cm³/mol. The molecule has 0 saturated heterocycles. The lowest BCUT2D eigenvalue weighted by molar-refractivity contribution is 0.0847. The molecule has 0 saturated carbocycles. The predicted octanol–water partition coefficient (Wildman–Crippen LogP) is 3.10. The van der Waals surface area contributed by atoms with E-state index in [0.717, 1.165) is 16.8 Å². The van der Waals surface area contributed by atoms with Gasteiger partial charge in [0, 0.05) is 11.3 Å². The van der Waals surface area contributed by atoms with Gasteiger partial charge in [-0.25, -0.2) is 4.68 Å². The molecule has 3 aromatic carbocycles. The van der Waals surface area contributed by atoms with Crippen LogP contribution in [0.4, 0.5) is 11.4 Å². The van der Waals surface area contributed by atoms with E-state index in [-0.39, 0.29) is 0 Å². The molecule has 160 valence electrons. The summed E-state index contributed by atoms with van der Waals surface area (Å²) in [6.45, 7) is 4.05. The number of rotatable bonds is 5. The average Bonchev–Trinajstić information content (AvgIpc) is 3.36. The van der Waals surface area contributed by atoms with Gasteiger partial charge in [-0.05, 0) is 77.9 Å². The van der Waals surface area contributed by atoms with Gasteiger partial charge in [-0.3, -0.25) is 20.4 Å². The monoisotopic (exact) mass is 427 g/mol. The minimum Gasteiger partial charge on any atom is -0.355 e. The number of benzene rings is 3. The minimum absolute atomic E-state index is 0.379. The fourth-order valence-corrected chi connectivity index (χ4v) is 3.12. The van der Waals surface area contributed by atoms with Crippen LogP contribution in [-0.2, 0) is 0 Å². The Morgan fingerprint density at radius 3 is 2.28 bits per heavy atom. The molecule has 0 bridgehead atoms. The first kappa shape index (κ1) is 20.7. The van der Waals surface area contributed by atoms with Crippen LogP contribution < -0.4 is 16.2 Å². The van der Waals surface area contributed by atoms with Crippen molar-refractivity contribution in [3.63, 3.8) is 0 Å². The maximum atomic E-state index is 12.8. The Labute approximate surface area is 184 Å². The van der Waals surface area contributed by atoms with Crippen molar-refractivity contribution in [3.05, 3.63) is 95.3 Å². The van der Waals surface area contributed by atoms with E-state index in [1.165, 1.54) is 11.0 Å². The van der Waals surface area contributed by atoms with E-state index in [0.29, 0.717) is 22.5 Å². The lowest BCUT2D eigenvalue weighted by atomic mass is 10.1. The van der Waals surface area contributed by atoms with Crippen molar-refractivity contribution in [2.45, 2.75) is 13.8 Å². The zero-order valence-corrected chi connectivity index (χ0v) is 17.5. The van der Waals surface area contributed by atoms with Crippen LogP contribution in [0.2, 0.25) is 0 Å². The topological polar surface area (TPSA) is 114 Å². The standard InChI is InChI=1S/C23H21N7O2/c1-15-6-5-9-20(16(15)2)25-21-8-4-3-7-19(21)23(32)27-26-22(31)17-10-12-18(13-11-17)30-14-24-28-29-30/h3-14,25H,1-2H3,(H,26,31)(H,27,32). The third-order valence-electron chi connectivity index (χ3n) is 5.08. The number of amides is 2. The summed E-state index contributed by atoms with van der Waals surface area (Å²) in [6.07, 6.45) is 1.46. The summed E-state index contributed by atoms with van der Waals surface area (Å²) in [5.74, 6) is -0.876. The van der Waals surface area contributed by atoms with Gasteiger partial charge in [-0.15, -0.1) is 5.10 Å². The van der Waals surface area contributed by atoms with Crippen LogP contribution in [0.3, 0.4) is 0 Å². The first-order valence-corrected chi connectivity index (χ1v) is 9.89. The second-order valence-corrected chi connectivity index (χ2v) is 7.13. The summed E-state index contributed by atoms with van der Waals surface area (Å²) in [5, 5.41) is 14.3. The third-order valence-corrected chi connectivity index (χ3v) is 5.08. The van der Waals surface area contributed by atoms with E-state index in [1.807, 2.05) is 44.2 Å². The lowest BCUT2D eigenvalue weighted by Crippen LogP contribution is -2.41. The number of hydrogen-bond acceptors (Lipinski definition) is 6. The maximum absolute atomic E-state index is 12.8. The van der Waals surface area contributed by atoms with Gasteiger partial charge in [0.2, 0.25) is 0 Å². The minimum atomic E-state index is -0.443. The van der Waals surface area contributed by atoms with Crippen molar-refractivity contribution in [2.24, 2.45) is 0 Å². The number of aromatic nitrogens is 4. The molecule has 0 unspecified atom stereocenters. The highest BCUT2D eigenvalue weighted by molar-refractivity contribution is 6.02. The van der Waals surface area contributed by atoms with E-state index in [1.54, 1.807) is 36.4 Å². The smallest absolute Gasteiger partial charge is 0.271 e. The highest BCUT2D eigenvalue weighted by atomic mass is 16.2. The normalized spacial score (nSPS) is 10.4. The van der Waals surface area contributed by atoms with Crippen LogP contribution in [0, 0.1) is 13.8 Å². The van der Waals surface area contributed by atoms with Gasteiger partial charge >= 0.3 is 0 Å². The molecule has 32 heavy (non-hydrogen) atoms. The molecule has 0 fully saturated rings. The Hall–Kier alpha value is -4.53. The molecule has 4 aromatic rings. The fourth-order valence-electron chi connectivity index (χ4n) is 3.12. The number of para-hydroxylation sites is 1. The van der Waals surface area contributed by atoms with Crippen molar-refractivity contribution in [1.82, 2.24) is 31.1 Å². The van der Waals surface area contributed by atoms with Crippen molar-refractivity contribution < 1.29 is 9.59 Å². The number of nitrogens with zero attached hydrogens (tertiary/aromatic N) is 4. The number of anilines is 2.